The molecule has 1 amide bonds. The van der Waals surface area contributed by atoms with E-state index in [1.807, 2.05) is 26.1 Å². The summed E-state index contributed by atoms with van der Waals surface area (Å²) >= 11 is 0. The molecule has 0 saturated carbocycles. The minimum absolute atomic E-state index is 0.198. The maximum absolute atomic E-state index is 11.5. The van der Waals surface area contributed by atoms with Gasteiger partial charge < -0.3 is 4.90 Å². The number of hydrogen-bond donors (Lipinski definition) is 0. The second-order valence-corrected chi connectivity index (χ2v) is 3.36. The first kappa shape index (κ1) is 10.7. The van der Waals surface area contributed by atoms with Crippen molar-refractivity contribution in [2.75, 3.05) is 7.05 Å². The first-order valence-corrected chi connectivity index (χ1v) is 4.87. The van der Waals surface area contributed by atoms with E-state index in [2.05, 4.69) is 4.98 Å². The van der Waals surface area contributed by atoms with Gasteiger partial charge in [-0.05, 0) is 24.1 Å². The van der Waals surface area contributed by atoms with Crippen LogP contribution in [0.2, 0.25) is 0 Å². The Kier molecular flexibility index (Phi) is 4.11. The quantitative estimate of drug-likeness (QED) is 0.729. The Morgan fingerprint density at radius 3 is 2.64 bits per heavy atom. The highest BCUT2D eigenvalue weighted by molar-refractivity contribution is 5.75. The molecule has 0 bridgehead atoms. The molecule has 1 aromatic heterocycles. The lowest BCUT2D eigenvalue weighted by molar-refractivity contribution is -0.130. The van der Waals surface area contributed by atoms with Crippen LogP contribution in [-0.2, 0) is 11.3 Å². The summed E-state index contributed by atoms with van der Waals surface area (Å²) in [7, 11) is 1.83. The number of amides is 1. The molecule has 0 radical (unpaired) electrons. The van der Waals surface area contributed by atoms with Crippen LogP contribution in [0.15, 0.2) is 24.5 Å². The molecule has 0 unspecified atom stereocenters. The van der Waals surface area contributed by atoms with Crippen molar-refractivity contribution in [3.63, 3.8) is 0 Å². The molecular formula is C11H16N2O. The van der Waals surface area contributed by atoms with Crippen molar-refractivity contribution in [1.29, 1.82) is 0 Å². The first-order chi connectivity index (χ1) is 6.74. The van der Waals surface area contributed by atoms with Gasteiger partial charge in [-0.25, -0.2) is 0 Å². The molecule has 0 aliphatic carbocycles. The van der Waals surface area contributed by atoms with Crippen LogP contribution in [0.3, 0.4) is 0 Å². The first-order valence-electron chi connectivity index (χ1n) is 4.87. The predicted molar refractivity (Wildman–Crippen MR) is 55.6 cm³/mol. The second-order valence-electron chi connectivity index (χ2n) is 3.36. The van der Waals surface area contributed by atoms with Gasteiger partial charge >= 0.3 is 0 Å². The van der Waals surface area contributed by atoms with Gasteiger partial charge in [0.05, 0.1) is 0 Å². The lowest BCUT2D eigenvalue weighted by Crippen LogP contribution is -2.25. The molecule has 0 aliphatic heterocycles. The van der Waals surface area contributed by atoms with Crippen molar-refractivity contribution in [3.05, 3.63) is 30.1 Å². The maximum Gasteiger partial charge on any atom is 0.222 e. The van der Waals surface area contributed by atoms with Gasteiger partial charge in [0.15, 0.2) is 0 Å². The van der Waals surface area contributed by atoms with Crippen LogP contribution in [0.25, 0.3) is 0 Å². The van der Waals surface area contributed by atoms with Gasteiger partial charge in [-0.15, -0.1) is 0 Å². The molecule has 76 valence electrons. The summed E-state index contributed by atoms with van der Waals surface area (Å²) in [5, 5.41) is 0. The number of rotatable bonds is 4. The number of carbonyl (C=O) groups is 1. The van der Waals surface area contributed by atoms with Crippen molar-refractivity contribution in [2.24, 2.45) is 0 Å². The van der Waals surface area contributed by atoms with Gasteiger partial charge in [0.2, 0.25) is 5.91 Å². The highest BCUT2D eigenvalue weighted by Gasteiger charge is 2.06. The van der Waals surface area contributed by atoms with E-state index in [0.717, 1.165) is 12.0 Å². The summed E-state index contributed by atoms with van der Waals surface area (Å²) in [6.45, 7) is 2.68. The van der Waals surface area contributed by atoms with Gasteiger partial charge in [0, 0.05) is 32.4 Å². The predicted octanol–water partition coefficient (Wildman–Crippen LogP) is 1.84. The Bertz CT molecular complexity index is 285. The van der Waals surface area contributed by atoms with Crippen LogP contribution in [0, 0.1) is 0 Å². The zero-order valence-electron chi connectivity index (χ0n) is 8.73. The third-order valence-corrected chi connectivity index (χ3v) is 2.06. The Hall–Kier alpha value is -1.38. The minimum Gasteiger partial charge on any atom is -0.341 e. The molecule has 1 aromatic rings. The summed E-state index contributed by atoms with van der Waals surface area (Å²) in [5.74, 6) is 0.198. The fraction of sp³-hybridized carbons (Fsp3) is 0.455. The SMILES string of the molecule is CCCC(=O)N(C)Cc1ccncc1. The van der Waals surface area contributed by atoms with Crippen molar-refractivity contribution in [2.45, 2.75) is 26.3 Å². The average molecular weight is 192 g/mol. The molecule has 14 heavy (non-hydrogen) atoms. The summed E-state index contributed by atoms with van der Waals surface area (Å²) in [4.78, 5) is 17.1. The average Bonchev–Trinajstić information content (AvgIpc) is 2.19. The van der Waals surface area contributed by atoms with Crippen LogP contribution < -0.4 is 0 Å². The van der Waals surface area contributed by atoms with Crippen LogP contribution in [0.4, 0.5) is 0 Å². The summed E-state index contributed by atoms with van der Waals surface area (Å²) in [6.07, 6.45) is 5.02. The molecule has 0 aliphatic rings. The van der Waals surface area contributed by atoms with Crippen LogP contribution in [0.1, 0.15) is 25.3 Å². The molecule has 0 saturated heterocycles. The summed E-state index contributed by atoms with van der Waals surface area (Å²) in [5.41, 5.74) is 1.12. The molecular weight excluding hydrogens is 176 g/mol. The van der Waals surface area contributed by atoms with Crippen LogP contribution >= 0.6 is 0 Å². The van der Waals surface area contributed by atoms with Crippen LogP contribution in [-0.4, -0.2) is 22.8 Å². The fourth-order valence-electron chi connectivity index (χ4n) is 1.25. The zero-order valence-corrected chi connectivity index (χ0v) is 8.73. The smallest absolute Gasteiger partial charge is 0.222 e. The van der Waals surface area contributed by atoms with E-state index in [0.29, 0.717) is 13.0 Å². The third-order valence-electron chi connectivity index (χ3n) is 2.06. The molecule has 3 heteroatoms. The lowest BCUT2D eigenvalue weighted by atomic mass is 10.2. The highest BCUT2D eigenvalue weighted by Crippen LogP contribution is 2.03. The Balaban J connectivity index is 2.49. The number of pyridine rings is 1. The summed E-state index contributed by atoms with van der Waals surface area (Å²) < 4.78 is 0. The van der Waals surface area contributed by atoms with Crippen molar-refractivity contribution < 1.29 is 4.79 Å². The van der Waals surface area contributed by atoms with E-state index < -0.39 is 0 Å². The van der Waals surface area contributed by atoms with E-state index in [9.17, 15) is 4.79 Å². The van der Waals surface area contributed by atoms with Crippen molar-refractivity contribution in [3.8, 4) is 0 Å². The van der Waals surface area contributed by atoms with E-state index in [4.69, 9.17) is 0 Å². The monoisotopic (exact) mass is 192 g/mol. The number of hydrogen-bond acceptors (Lipinski definition) is 2. The molecule has 0 aromatic carbocycles. The molecule has 1 rings (SSSR count). The van der Waals surface area contributed by atoms with Crippen molar-refractivity contribution >= 4 is 5.91 Å². The van der Waals surface area contributed by atoms with E-state index in [-0.39, 0.29) is 5.91 Å². The van der Waals surface area contributed by atoms with Gasteiger partial charge in [-0.2, -0.15) is 0 Å². The van der Waals surface area contributed by atoms with E-state index in [1.54, 1.807) is 17.3 Å². The molecule has 0 spiro atoms. The molecule has 3 nitrogen and oxygen atoms in total. The van der Waals surface area contributed by atoms with E-state index in [1.165, 1.54) is 0 Å². The second kappa shape index (κ2) is 5.37. The standard InChI is InChI=1S/C11H16N2O/c1-3-4-11(14)13(2)9-10-5-7-12-8-6-10/h5-8H,3-4,9H2,1-2H3. The Labute approximate surface area is 84.8 Å². The zero-order chi connectivity index (χ0) is 10.4. The normalized spacial score (nSPS) is 9.86. The van der Waals surface area contributed by atoms with E-state index >= 15 is 0 Å². The van der Waals surface area contributed by atoms with Crippen LogP contribution in [0.5, 0.6) is 0 Å². The number of aromatic nitrogens is 1. The fourth-order valence-corrected chi connectivity index (χ4v) is 1.25. The van der Waals surface area contributed by atoms with Gasteiger partial charge in [-0.3, -0.25) is 9.78 Å². The Morgan fingerprint density at radius 2 is 2.07 bits per heavy atom. The van der Waals surface area contributed by atoms with Gasteiger partial charge in [0.1, 0.15) is 0 Å². The van der Waals surface area contributed by atoms with Gasteiger partial charge in [0.25, 0.3) is 0 Å². The minimum atomic E-state index is 0.198. The molecule has 1 heterocycles. The molecule has 0 N–H and O–H groups in total. The number of nitrogens with zero attached hydrogens (tertiary/aromatic N) is 2. The molecule has 0 atom stereocenters. The highest BCUT2D eigenvalue weighted by atomic mass is 16.2. The Morgan fingerprint density at radius 1 is 1.43 bits per heavy atom. The largest absolute Gasteiger partial charge is 0.341 e. The lowest BCUT2D eigenvalue weighted by Gasteiger charge is -2.16. The number of carbonyl (C=O) groups excluding carboxylic acids is 1. The van der Waals surface area contributed by atoms with Gasteiger partial charge in [-0.1, -0.05) is 6.92 Å². The topological polar surface area (TPSA) is 33.2 Å². The maximum atomic E-state index is 11.5. The molecule has 0 fully saturated rings. The third kappa shape index (κ3) is 3.17. The summed E-state index contributed by atoms with van der Waals surface area (Å²) in [6, 6.07) is 3.85. The van der Waals surface area contributed by atoms with Crippen molar-refractivity contribution in [1.82, 2.24) is 9.88 Å².